The lowest BCUT2D eigenvalue weighted by Gasteiger charge is -2.20. The van der Waals surface area contributed by atoms with Crippen molar-refractivity contribution in [3.8, 4) is 6.07 Å². The van der Waals surface area contributed by atoms with Gasteiger partial charge < -0.3 is 4.74 Å². The molecule has 0 heterocycles. The average Bonchev–Trinajstić information content (AvgIpc) is 2.42. The molecule has 0 saturated heterocycles. The van der Waals surface area contributed by atoms with Gasteiger partial charge in [-0.25, -0.2) is 0 Å². The van der Waals surface area contributed by atoms with Crippen LogP contribution < -0.4 is 4.90 Å². The van der Waals surface area contributed by atoms with Gasteiger partial charge in [0.25, 0.3) is 0 Å². The molecule has 0 aliphatic carbocycles. The van der Waals surface area contributed by atoms with Crippen LogP contribution in [0, 0.1) is 11.3 Å². The van der Waals surface area contributed by atoms with Gasteiger partial charge in [-0.3, -0.25) is 14.5 Å². The largest absolute Gasteiger partial charge is 0.469 e. The maximum Gasteiger partial charge on any atom is 0.306 e. The molecule has 0 aliphatic rings. The Morgan fingerprint density at radius 2 is 2.05 bits per heavy atom. The maximum absolute atomic E-state index is 12.1. The minimum absolute atomic E-state index is 0.00170. The summed E-state index contributed by atoms with van der Waals surface area (Å²) in [7, 11) is 1.27. The fourth-order valence-electron chi connectivity index (χ4n) is 1.50. The summed E-state index contributed by atoms with van der Waals surface area (Å²) in [6.07, 6.45) is 0.0113. The SMILES string of the molecule is COC(=O)CCC(=O)N(CC#N)c1ccccc1Br. The minimum atomic E-state index is -0.447. The van der Waals surface area contributed by atoms with Crippen molar-refractivity contribution in [2.45, 2.75) is 12.8 Å². The van der Waals surface area contributed by atoms with E-state index in [1.807, 2.05) is 12.1 Å². The zero-order valence-corrected chi connectivity index (χ0v) is 12.0. The van der Waals surface area contributed by atoms with Gasteiger partial charge in [-0.15, -0.1) is 0 Å². The first-order valence-corrected chi connectivity index (χ1v) is 6.38. The van der Waals surface area contributed by atoms with Gasteiger partial charge in [-0.05, 0) is 28.1 Å². The highest BCUT2D eigenvalue weighted by molar-refractivity contribution is 9.10. The Labute approximate surface area is 119 Å². The van der Waals surface area contributed by atoms with E-state index < -0.39 is 5.97 Å². The van der Waals surface area contributed by atoms with Gasteiger partial charge >= 0.3 is 5.97 Å². The molecule has 5 nitrogen and oxygen atoms in total. The first-order valence-electron chi connectivity index (χ1n) is 5.58. The summed E-state index contributed by atoms with van der Waals surface area (Å²) in [5.41, 5.74) is 0.610. The number of nitriles is 1. The Kier molecular flexibility index (Phi) is 6.03. The van der Waals surface area contributed by atoms with Gasteiger partial charge in [0, 0.05) is 10.9 Å². The molecule has 19 heavy (non-hydrogen) atoms. The van der Waals surface area contributed by atoms with Gasteiger partial charge in [0.15, 0.2) is 0 Å². The van der Waals surface area contributed by atoms with Crippen LogP contribution in [0.25, 0.3) is 0 Å². The van der Waals surface area contributed by atoms with Crippen molar-refractivity contribution in [1.29, 1.82) is 5.26 Å². The number of para-hydroxylation sites is 1. The van der Waals surface area contributed by atoms with Gasteiger partial charge in [-0.2, -0.15) is 5.26 Å². The van der Waals surface area contributed by atoms with Crippen molar-refractivity contribution in [2.24, 2.45) is 0 Å². The third kappa shape index (κ3) is 4.38. The summed E-state index contributed by atoms with van der Waals surface area (Å²) in [6.45, 7) is -0.0668. The van der Waals surface area contributed by atoms with Crippen molar-refractivity contribution < 1.29 is 14.3 Å². The van der Waals surface area contributed by atoms with Crippen LogP contribution in [0.3, 0.4) is 0 Å². The molecule has 0 spiro atoms. The average molecular weight is 325 g/mol. The molecular weight excluding hydrogens is 312 g/mol. The number of esters is 1. The van der Waals surface area contributed by atoms with Crippen LogP contribution >= 0.6 is 15.9 Å². The lowest BCUT2D eigenvalue weighted by atomic mass is 10.2. The molecule has 0 fully saturated rings. The number of hydrogen-bond donors (Lipinski definition) is 0. The number of ether oxygens (including phenoxy) is 1. The van der Waals surface area contributed by atoms with Crippen molar-refractivity contribution >= 4 is 33.5 Å². The van der Waals surface area contributed by atoms with E-state index in [1.165, 1.54) is 12.0 Å². The molecule has 0 aliphatic heterocycles. The maximum atomic E-state index is 12.1. The van der Waals surface area contributed by atoms with E-state index in [0.717, 1.165) is 4.47 Å². The number of methoxy groups -OCH3 is 1. The van der Waals surface area contributed by atoms with Crippen molar-refractivity contribution in [1.82, 2.24) is 0 Å². The van der Waals surface area contributed by atoms with Crippen molar-refractivity contribution in [3.05, 3.63) is 28.7 Å². The number of carbonyl (C=O) groups is 2. The Morgan fingerprint density at radius 1 is 1.37 bits per heavy atom. The quantitative estimate of drug-likeness (QED) is 0.615. The van der Waals surface area contributed by atoms with Crippen molar-refractivity contribution in [3.63, 3.8) is 0 Å². The molecule has 1 rings (SSSR count). The highest BCUT2D eigenvalue weighted by atomic mass is 79.9. The van der Waals surface area contributed by atoms with Crippen LogP contribution in [0.4, 0.5) is 5.69 Å². The van der Waals surface area contributed by atoms with E-state index in [2.05, 4.69) is 20.7 Å². The summed E-state index contributed by atoms with van der Waals surface area (Å²) in [5.74, 6) is -0.740. The Bertz CT molecular complexity index is 511. The third-order valence-electron chi connectivity index (χ3n) is 2.44. The molecule has 0 N–H and O–H groups in total. The molecule has 100 valence electrons. The zero-order valence-electron chi connectivity index (χ0n) is 10.4. The van der Waals surface area contributed by atoms with Crippen LogP contribution in [0.2, 0.25) is 0 Å². The number of benzene rings is 1. The zero-order chi connectivity index (χ0) is 14.3. The second-order valence-electron chi connectivity index (χ2n) is 3.67. The second kappa shape index (κ2) is 7.54. The van der Waals surface area contributed by atoms with E-state index in [4.69, 9.17) is 5.26 Å². The van der Waals surface area contributed by atoms with Crippen LogP contribution in [0.1, 0.15) is 12.8 Å². The molecule has 1 aromatic carbocycles. The number of anilines is 1. The molecule has 0 saturated carbocycles. The van der Waals surface area contributed by atoms with E-state index in [1.54, 1.807) is 18.2 Å². The number of hydrogen-bond acceptors (Lipinski definition) is 4. The molecule has 0 aromatic heterocycles. The monoisotopic (exact) mass is 324 g/mol. The lowest BCUT2D eigenvalue weighted by molar-refractivity contribution is -0.141. The summed E-state index contributed by atoms with van der Waals surface area (Å²) < 4.78 is 5.20. The van der Waals surface area contributed by atoms with Gasteiger partial charge in [0.1, 0.15) is 6.54 Å². The highest BCUT2D eigenvalue weighted by Gasteiger charge is 2.18. The smallest absolute Gasteiger partial charge is 0.306 e. The number of rotatable bonds is 5. The van der Waals surface area contributed by atoms with Gasteiger partial charge in [0.2, 0.25) is 5.91 Å². The molecule has 0 unspecified atom stereocenters. The highest BCUT2D eigenvalue weighted by Crippen LogP contribution is 2.26. The molecule has 1 aromatic rings. The van der Waals surface area contributed by atoms with Crippen LogP contribution in [0.15, 0.2) is 28.7 Å². The standard InChI is InChI=1S/C13H13BrN2O3/c1-19-13(18)7-6-12(17)16(9-8-15)11-5-3-2-4-10(11)14/h2-5H,6-7,9H2,1H3. The van der Waals surface area contributed by atoms with E-state index in [9.17, 15) is 9.59 Å². The molecule has 1 amide bonds. The summed E-state index contributed by atoms with van der Waals surface area (Å²) in [4.78, 5) is 24.4. The Hall–Kier alpha value is -1.87. The molecule has 0 atom stereocenters. The molecule has 0 bridgehead atoms. The van der Waals surface area contributed by atoms with Crippen LogP contribution in [-0.4, -0.2) is 25.5 Å². The Balaban J connectivity index is 2.84. The molecule has 0 radical (unpaired) electrons. The number of amides is 1. The number of nitrogens with zero attached hydrogens (tertiary/aromatic N) is 2. The fourth-order valence-corrected chi connectivity index (χ4v) is 1.99. The van der Waals surface area contributed by atoms with E-state index in [-0.39, 0.29) is 25.3 Å². The third-order valence-corrected chi connectivity index (χ3v) is 3.11. The van der Waals surface area contributed by atoms with Crippen molar-refractivity contribution in [2.75, 3.05) is 18.6 Å². The number of halogens is 1. The van der Waals surface area contributed by atoms with E-state index >= 15 is 0 Å². The summed E-state index contributed by atoms with van der Waals surface area (Å²) >= 11 is 3.33. The minimum Gasteiger partial charge on any atom is -0.469 e. The summed E-state index contributed by atoms with van der Waals surface area (Å²) in [5, 5.41) is 8.81. The fraction of sp³-hybridized carbons (Fsp3) is 0.308. The van der Waals surface area contributed by atoms with Crippen LogP contribution in [-0.2, 0) is 14.3 Å². The molecule has 6 heteroatoms. The normalized spacial score (nSPS) is 9.53. The number of carbonyl (C=O) groups excluding carboxylic acids is 2. The van der Waals surface area contributed by atoms with Gasteiger partial charge in [0.05, 0.1) is 25.3 Å². The lowest BCUT2D eigenvalue weighted by Crippen LogP contribution is -2.31. The second-order valence-corrected chi connectivity index (χ2v) is 4.52. The Morgan fingerprint density at radius 3 is 2.63 bits per heavy atom. The molecular formula is C13H13BrN2O3. The van der Waals surface area contributed by atoms with Gasteiger partial charge in [-0.1, -0.05) is 12.1 Å². The van der Waals surface area contributed by atoms with Crippen LogP contribution in [0.5, 0.6) is 0 Å². The first-order chi connectivity index (χ1) is 9.10. The van der Waals surface area contributed by atoms with E-state index in [0.29, 0.717) is 5.69 Å². The first kappa shape index (κ1) is 15.2. The predicted molar refractivity (Wildman–Crippen MR) is 73.4 cm³/mol. The summed E-state index contributed by atoms with van der Waals surface area (Å²) in [6, 6.07) is 9.06. The predicted octanol–water partition coefficient (Wildman–Crippen LogP) is 2.26. The topological polar surface area (TPSA) is 70.4 Å².